The standard InChI is InChI=1S/C21H25ClN2O4S/c1-24(14-16-7-3-6-10-18(16)22)21(25)15-11-12-19(28-2)20(13-15)29(26,27)23-17-8-4-5-9-17/h3,6-7,10-13,17,23H,4-5,8-9,14H2,1-2H3. The Morgan fingerprint density at radius 2 is 1.90 bits per heavy atom. The van der Waals surface area contributed by atoms with E-state index in [2.05, 4.69) is 4.72 Å². The van der Waals surface area contributed by atoms with Gasteiger partial charge in [-0.3, -0.25) is 4.79 Å². The second-order valence-corrected chi connectivity index (χ2v) is 9.31. The fourth-order valence-electron chi connectivity index (χ4n) is 3.52. The molecule has 6 nitrogen and oxygen atoms in total. The van der Waals surface area contributed by atoms with Crippen molar-refractivity contribution in [3.8, 4) is 5.75 Å². The number of benzene rings is 2. The highest BCUT2D eigenvalue weighted by atomic mass is 35.5. The first kappa shape index (κ1) is 21.6. The topological polar surface area (TPSA) is 75.7 Å². The average molecular weight is 437 g/mol. The van der Waals surface area contributed by atoms with Crippen molar-refractivity contribution in [1.82, 2.24) is 9.62 Å². The summed E-state index contributed by atoms with van der Waals surface area (Å²) in [5.41, 5.74) is 1.08. The Balaban J connectivity index is 1.85. The van der Waals surface area contributed by atoms with E-state index < -0.39 is 10.0 Å². The van der Waals surface area contributed by atoms with Crippen molar-refractivity contribution in [1.29, 1.82) is 0 Å². The third-order valence-corrected chi connectivity index (χ3v) is 7.00. The van der Waals surface area contributed by atoms with Gasteiger partial charge in [0.1, 0.15) is 10.6 Å². The molecule has 1 amide bonds. The number of methoxy groups -OCH3 is 1. The number of hydrogen-bond acceptors (Lipinski definition) is 4. The Labute approximate surface area is 176 Å². The van der Waals surface area contributed by atoms with E-state index in [1.807, 2.05) is 18.2 Å². The van der Waals surface area contributed by atoms with Gasteiger partial charge in [0.05, 0.1) is 7.11 Å². The molecule has 29 heavy (non-hydrogen) atoms. The van der Waals surface area contributed by atoms with Gasteiger partial charge in [-0.05, 0) is 42.7 Å². The van der Waals surface area contributed by atoms with Gasteiger partial charge in [0, 0.05) is 30.2 Å². The lowest BCUT2D eigenvalue weighted by atomic mass is 10.1. The zero-order valence-electron chi connectivity index (χ0n) is 16.5. The van der Waals surface area contributed by atoms with Gasteiger partial charge in [-0.1, -0.05) is 42.6 Å². The predicted molar refractivity (Wildman–Crippen MR) is 113 cm³/mol. The van der Waals surface area contributed by atoms with Crippen molar-refractivity contribution < 1.29 is 17.9 Å². The van der Waals surface area contributed by atoms with Crippen molar-refractivity contribution >= 4 is 27.5 Å². The van der Waals surface area contributed by atoms with Crippen LogP contribution in [0.1, 0.15) is 41.6 Å². The summed E-state index contributed by atoms with van der Waals surface area (Å²) in [6.45, 7) is 0.312. The summed E-state index contributed by atoms with van der Waals surface area (Å²) in [4.78, 5) is 14.4. The van der Waals surface area contributed by atoms with Gasteiger partial charge in [0.2, 0.25) is 10.0 Å². The van der Waals surface area contributed by atoms with Gasteiger partial charge in [0.25, 0.3) is 5.91 Å². The van der Waals surface area contributed by atoms with Crippen molar-refractivity contribution in [3.05, 3.63) is 58.6 Å². The molecule has 1 aliphatic rings. The number of nitrogens with one attached hydrogen (secondary N) is 1. The van der Waals surface area contributed by atoms with E-state index in [1.54, 1.807) is 19.2 Å². The van der Waals surface area contributed by atoms with Crippen molar-refractivity contribution in [2.75, 3.05) is 14.2 Å². The van der Waals surface area contributed by atoms with Crippen LogP contribution < -0.4 is 9.46 Å². The largest absolute Gasteiger partial charge is 0.495 e. The number of ether oxygens (including phenoxy) is 1. The molecule has 0 spiro atoms. The molecule has 3 rings (SSSR count). The van der Waals surface area contributed by atoms with Gasteiger partial charge in [0.15, 0.2) is 0 Å². The normalized spacial score (nSPS) is 14.7. The third-order valence-electron chi connectivity index (χ3n) is 5.09. The van der Waals surface area contributed by atoms with E-state index in [4.69, 9.17) is 16.3 Å². The molecule has 1 aliphatic carbocycles. The SMILES string of the molecule is COc1ccc(C(=O)N(C)Cc2ccccc2Cl)cc1S(=O)(=O)NC1CCCC1. The van der Waals surface area contributed by atoms with E-state index in [1.165, 1.54) is 24.1 Å². The van der Waals surface area contributed by atoms with Crippen LogP contribution in [0.4, 0.5) is 0 Å². The summed E-state index contributed by atoms with van der Waals surface area (Å²) < 4.78 is 33.8. The van der Waals surface area contributed by atoms with Gasteiger partial charge >= 0.3 is 0 Å². The highest BCUT2D eigenvalue weighted by molar-refractivity contribution is 7.89. The molecule has 0 bridgehead atoms. The molecule has 0 saturated heterocycles. The smallest absolute Gasteiger partial charge is 0.253 e. The van der Waals surface area contributed by atoms with Crippen LogP contribution in [0.2, 0.25) is 5.02 Å². The maximum Gasteiger partial charge on any atom is 0.253 e. The number of carbonyl (C=O) groups is 1. The van der Waals surface area contributed by atoms with Gasteiger partial charge < -0.3 is 9.64 Å². The summed E-state index contributed by atoms with van der Waals surface area (Å²) in [6, 6.07) is 11.7. The summed E-state index contributed by atoms with van der Waals surface area (Å²) in [7, 11) is -0.735. The predicted octanol–water partition coefficient (Wildman–Crippen LogP) is 3.84. The van der Waals surface area contributed by atoms with E-state index in [9.17, 15) is 13.2 Å². The summed E-state index contributed by atoms with van der Waals surface area (Å²) >= 11 is 6.18. The number of amides is 1. The minimum Gasteiger partial charge on any atom is -0.495 e. The lowest BCUT2D eigenvalue weighted by Gasteiger charge is -2.20. The molecule has 0 heterocycles. The third kappa shape index (κ3) is 5.10. The molecule has 0 radical (unpaired) electrons. The molecule has 0 aromatic heterocycles. The van der Waals surface area contributed by atoms with Crippen molar-refractivity contribution in [3.63, 3.8) is 0 Å². The van der Waals surface area contributed by atoms with Gasteiger partial charge in [-0.15, -0.1) is 0 Å². The molecule has 2 aromatic rings. The Morgan fingerprint density at radius 3 is 2.55 bits per heavy atom. The fourth-order valence-corrected chi connectivity index (χ4v) is 5.22. The first-order valence-corrected chi connectivity index (χ1v) is 11.4. The number of hydrogen-bond donors (Lipinski definition) is 1. The fraction of sp³-hybridized carbons (Fsp3) is 0.381. The molecule has 8 heteroatoms. The molecular formula is C21H25ClN2O4S. The Hall–Kier alpha value is -2.09. The van der Waals surface area contributed by atoms with Crippen molar-refractivity contribution in [2.45, 2.75) is 43.2 Å². The summed E-state index contributed by atoms with van der Waals surface area (Å²) in [5.74, 6) is -0.0920. The quantitative estimate of drug-likeness (QED) is 0.715. The lowest BCUT2D eigenvalue weighted by molar-refractivity contribution is 0.0785. The van der Waals surface area contributed by atoms with Crippen LogP contribution in [0.5, 0.6) is 5.75 Å². The van der Waals surface area contributed by atoms with Crippen molar-refractivity contribution in [2.24, 2.45) is 0 Å². The van der Waals surface area contributed by atoms with Crippen LogP contribution in [-0.4, -0.2) is 39.4 Å². The van der Waals surface area contributed by atoms with E-state index >= 15 is 0 Å². The summed E-state index contributed by atoms with van der Waals surface area (Å²) in [5, 5.41) is 0.575. The molecule has 1 N–H and O–H groups in total. The Bertz CT molecular complexity index is 988. The molecule has 0 unspecified atom stereocenters. The Morgan fingerprint density at radius 1 is 1.21 bits per heavy atom. The highest BCUT2D eigenvalue weighted by Crippen LogP contribution is 2.28. The maximum atomic E-state index is 12.9. The second-order valence-electron chi connectivity index (χ2n) is 7.22. The second kappa shape index (κ2) is 9.15. The molecule has 156 valence electrons. The molecule has 1 fully saturated rings. The highest BCUT2D eigenvalue weighted by Gasteiger charge is 2.27. The average Bonchev–Trinajstić information content (AvgIpc) is 3.21. The molecule has 2 aromatic carbocycles. The molecule has 0 aliphatic heterocycles. The molecular weight excluding hydrogens is 412 g/mol. The Kier molecular flexibility index (Phi) is 6.82. The molecule has 0 atom stereocenters. The minimum absolute atomic E-state index is 0.0242. The zero-order valence-corrected chi connectivity index (χ0v) is 18.1. The lowest BCUT2D eigenvalue weighted by Crippen LogP contribution is -2.33. The first-order valence-electron chi connectivity index (χ1n) is 9.51. The van der Waals surface area contributed by atoms with Crippen LogP contribution in [0, 0.1) is 0 Å². The molecule has 1 saturated carbocycles. The zero-order chi connectivity index (χ0) is 21.0. The monoisotopic (exact) mass is 436 g/mol. The number of rotatable bonds is 7. The van der Waals surface area contributed by atoms with E-state index in [-0.39, 0.29) is 28.2 Å². The minimum atomic E-state index is -3.80. The summed E-state index contributed by atoms with van der Waals surface area (Å²) in [6.07, 6.45) is 3.66. The first-order chi connectivity index (χ1) is 13.8. The van der Waals surface area contributed by atoms with Gasteiger partial charge in [-0.25, -0.2) is 13.1 Å². The number of sulfonamides is 1. The van der Waals surface area contributed by atoms with Crippen LogP contribution >= 0.6 is 11.6 Å². The van der Waals surface area contributed by atoms with Crippen LogP contribution in [0.15, 0.2) is 47.4 Å². The van der Waals surface area contributed by atoms with E-state index in [0.29, 0.717) is 11.6 Å². The number of nitrogens with zero attached hydrogens (tertiary/aromatic N) is 1. The number of halogens is 1. The number of carbonyl (C=O) groups excluding carboxylic acids is 1. The van der Waals surface area contributed by atoms with Crippen LogP contribution in [-0.2, 0) is 16.6 Å². The maximum absolute atomic E-state index is 12.9. The van der Waals surface area contributed by atoms with Crippen LogP contribution in [0.3, 0.4) is 0 Å². The van der Waals surface area contributed by atoms with Gasteiger partial charge in [-0.2, -0.15) is 0 Å². The van der Waals surface area contributed by atoms with Crippen LogP contribution in [0.25, 0.3) is 0 Å². The van der Waals surface area contributed by atoms with E-state index in [0.717, 1.165) is 31.2 Å².